The van der Waals surface area contributed by atoms with Crippen LogP contribution in [-0.4, -0.2) is 16.6 Å². The van der Waals surface area contributed by atoms with Crippen molar-refractivity contribution in [2.45, 2.75) is 6.92 Å². The molecule has 1 aromatic heterocycles. The Balaban J connectivity index is 1.89. The van der Waals surface area contributed by atoms with Crippen LogP contribution in [0.25, 0.3) is 0 Å². The third-order valence-corrected chi connectivity index (χ3v) is 3.51. The van der Waals surface area contributed by atoms with Crippen molar-refractivity contribution in [2.75, 3.05) is 23.0 Å². The highest BCUT2D eigenvalue weighted by Gasteiger charge is 2.13. The van der Waals surface area contributed by atoms with Crippen LogP contribution in [0, 0.1) is 11.6 Å². The molecule has 1 heterocycles. The third kappa shape index (κ3) is 3.80. The van der Waals surface area contributed by atoms with Crippen LogP contribution in [-0.2, 0) is 0 Å². The molecular weight excluding hydrogens is 340 g/mol. The van der Waals surface area contributed by atoms with Gasteiger partial charge in [-0.1, -0.05) is 12.1 Å². The van der Waals surface area contributed by atoms with E-state index in [0.29, 0.717) is 23.9 Å². The van der Waals surface area contributed by atoms with E-state index in [1.54, 1.807) is 0 Å². The molecule has 0 aliphatic carbocycles. The number of hydrogen-bond acceptors (Lipinski definition) is 6. The van der Waals surface area contributed by atoms with Crippen LogP contribution < -0.4 is 21.1 Å². The Labute approximate surface area is 149 Å². The molecule has 0 aliphatic heterocycles. The lowest BCUT2D eigenvalue weighted by Crippen LogP contribution is -2.07. The number of hydrogen-bond donors (Lipinski definition) is 3. The van der Waals surface area contributed by atoms with E-state index in [2.05, 4.69) is 20.6 Å². The zero-order chi connectivity index (χ0) is 18.5. The lowest BCUT2D eigenvalue weighted by molar-refractivity contribution is 0.342. The van der Waals surface area contributed by atoms with E-state index < -0.39 is 11.6 Å². The molecule has 0 amide bonds. The Morgan fingerprint density at radius 3 is 2.42 bits per heavy atom. The first-order valence-electron chi connectivity index (χ1n) is 7.90. The van der Waals surface area contributed by atoms with E-state index in [4.69, 9.17) is 10.5 Å². The molecule has 0 fully saturated rings. The van der Waals surface area contributed by atoms with Crippen molar-refractivity contribution in [1.29, 1.82) is 0 Å². The highest BCUT2D eigenvalue weighted by atomic mass is 19.1. The quantitative estimate of drug-likeness (QED) is 0.612. The van der Waals surface area contributed by atoms with Gasteiger partial charge in [-0.05, 0) is 31.2 Å². The van der Waals surface area contributed by atoms with Gasteiger partial charge in [-0.15, -0.1) is 0 Å². The first kappa shape index (κ1) is 17.4. The fourth-order valence-electron chi connectivity index (χ4n) is 2.29. The number of rotatable bonds is 6. The zero-order valence-corrected chi connectivity index (χ0v) is 14.0. The van der Waals surface area contributed by atoms with Gasteiger partial charge in [0, 0.05) is 6.07 Å². The lowest BCUT2D eigenvalue weighted by atomic mass is 10.2. The van der Waals surface area contributed by atoms with Crippen molar-refractivity contribution >= 4 is 28.7 Å². The van der Waals surface area contributed by atoms with Crippen molar-refractivity contribution in [3.05, 3.63) is 60.4 Å². The second-order valence-electron chi connectivity index (χ2n) is 5.29. The largest absolute Gasteiger partial charge is 0.492 e. The van der Waals surface area contributed by atoms with Gasteiger partial charge in [0.25, 0.3) is 0 Å². The third-order valence-electron chi connectivity index (χ3n) is 3.51. The lowest BCUT2D eigenvalue weighted by Gasteiger charge is -2.15. The van der Waals surface area contributed by atoms with Gasteiger partial charge in [0.05, 0.1) is 18.0 Å². The fourth-order valence-corrected chi connectivity index (χ4v) is 2.29. The normalized spacial score (nSPS) is 10.4. The minimum absolute atomic E-state index is 0.0731. The molecule has 6 nitrogen and oxygen atoms in total. The maximum Gasteiger partial charge on any atom is 0.159 e. The summed E-state index contributed by atoms with van der Waals surface area (Å²) in [4.78, 5) is 8.10. The number of anilines is 5. The number of nitrogens with one attached hydrogen (secondary N) is 2. The molecule has 0 spiro atoms. The summed E-state index contributed by atoms with van der Waals surface area (Å²) in [6.45, 7) is 2.38. The van der Waals surface area contributed by atoms with Crippen molar-refractivity contribution in [2.24, 2.45) is 0 Å². The van der Waals surface area contributed by atoms with Gasteiger partial charge < -0.3 is 21.1 Å². The van der Waals surface area contributed by atoms with Crippen LogP contribution in [0.2, 0.25) is 0 Å². The molecule has 0 unspecified atom stereocenters. The van der Waals surface area contributed by atoms with Gasteiger partial charge in [0.1, 0.15) is 29.4 Å². The van der Waals surface area contributed by atoms with Crippen molar-refractivity contribution < 1.29 is 13.5 Å². The molecule has 0 atom stereocenters. The van der Waals surface area contributed by atoms with Crippen molar-refractivity contribution in [1.82, 2.24) is 9.97 Å². The van der Waals surface area contributed by atoms with E-state index in [1.807, 2.05) is 31.2 Å². The maximum absolute atomic E-state index is 13.8. The van der Waals surface area contributed by atoms with E-state index >= 15 is 0 Å². The van der Waals surface area contributed by atoms with Gasteiger partial charge >= 0.3 is 0 Å². The smallest absolute Gasteiger partial charge is 0.159 e. The number of para-hydroxylation sites is 2. The molecule has 3 aromatic rings. The first-order valence-corrected chi connectivity index (χ1v) is 7.90. The Kier molecular flexibility index (Phi) is 5.12. The molecule has 0 radical (unpaired) electrons. The first-order chi connectivity index (χ1) is 12.6. The average molecular weight is 357 g/mol. The summed E-state index contributed by atoms with van der Waals surface area (Å²) in [5.74, 6) is -0.0998. The van der Waals surface area contributed by atoms with E-state index in [9.17, 15) is 8.78 Å². The minimum atomic E-state index is -0.624. The van der Waals surface area contributed by atoms with Crippen LogP contribution >= 0.6 is 0 Å². The summed E-state index contributed by atoms with van der Waals surface area (Å²) in [5.41, 5.74) is 6.84. The maximum atomic E-state index is 13.8. The minimum Gasteiger partial charge on any atom is -0.492 e. The van der Waals surface area contributed by atoms with Gasteiger partial charge in [0.15, 0.2) is 11.6 Å². The number of benzene rings is 2. The van der Waals surface area contributed by atoms with Crippen LogP contribution in [0.15, 0.2) is 48.8 Å². The van der Waals surface area contributed by atoms with E-state index in [1.165, 1.54) is 6.33 Å². The Hall–Kier alpha value is -3.42. The molecule has 0 saturated heterocycles. The van der Waals surface area contributed by atoms with Gasteiger partial charge in [-0.2, -0.15) is 0 Å². The Morgan fingerprint density at radius 1 is 1.00 bits per heavy atom. The molecule has 8 heteroatoms. The van der Waals surface area contributed by atoms with Crippen molar-refractivity contribution in [3.8, 4) is 5.75 Å². The van der Waals surface area contributed by atoms with Crippen LogP contribution in [0.4, 0.5) is 37.5 Å². The fraction of sp³-hybridized carbons (Fsp3) is 0.111. The van der Waals surface area contributed by atoms with E-state index in [0.717, 1.165) is 18.2 Å². The SMILES string of the molecule is CCOc1ccccc1Nc1ncnc(Nc2cc(F)ccc2F)c1N. The molecule has 4 N–H and O–H groups in total. The molecule has 26 heavy (non-hydrogen) atoms. The monoisotopic (exact) mass is 357 g/mol. The highest BCUT2D eigenvalue weighted by molar-refractivity contribution is 5.81. The molecular formula is C18H17F2N5O. The molecule has 2 aromatic carbocycles. The van der Waals surface area contributed by atoms with Gasteiger partial charge in [-0.25, -0.2) is 18.7 Å². The van der Waals surface area contributed by atoms with Crippen LogP contribution in [0.3, 0.4) is 0 Å². The summed E-state index contributed by atoms with van der Waals surface area (Å²) in [6.07, 6.45) is 1.27. The number of halogens is 2. The predicted molar refractivity (Wildman–Crippen MR) is 97.0 cm³/mol. The molecule has 134 valence electrons. The predicted octanol–water partition coefficient (Wildman–Crippen LogP) is 4.22. The van der Waals surface area contributed by atoms with Gasteiger partial charge in [-0.3, -0.25) is 0 Å². The van der Waals surface area contributed by atoms with Gasteiger partial charge in [0.2, 0.25) is 0 Å². The molecule has 0 aliphatic rings. The summed E-state index contributed by atoms with van der Waals surface area (Å²) in [6, 6.07) is 10.4. The molecule has 0 saturated carbocycles. The summed E-state index contributed by atoms with van der Waals surface area (Å²) in [7, 11) is 0. The number of nitrogens with two attached hydrogens (primary N) is 1. The number of aromatic nitrogens is 2. The topological polar surface area (TPSA) is 85.1 Å². The Morgan fingerprint density at radius 2 is 1.69 bits per heavy atom. The summed E-state index contributed by atoms with van der Waals surface area (Å²) in [5, 5.41) is 5.75. The highest BCUT2D eigenvalue weighted by Crippen LogP contribution is 2.32. The molecule has 0 bridgehead atoms. The summed E-state index contributed by atoms with van der Waals surface area (Å²) >= 11 is 0. The second-order valence-corrected chi connectivity index (χ2v) is 5.29. The zero-order valence-electron chi connectivity index (χ0n) is 14.0. The number of nitrogens with zero attached hydrogens (tertiary/aromatic N) is 2. The average Bonchev–Trinajstić information content (AvgIpc) is 2.63. The van der Waals surface area contributed by atoms with Crippen LogP contribution in [0.5, 0.6) is 5.75 Å². The second kappa shape index (κ2) is 7.64. The Bertz CT molecular complexity index is 920. The van der Waals surface area contributed by atoms with Crippen LogP contribution in [0.1, 0.15) is 6.92 Å². The number of nitrogen functional groups attached to an aromatic ring is 1. The molecule has 3 rings (SSSR count). The summed E-state index contributed by atoms with van der Waals surface area (Å²) < 4.78 is 32.7. The number of ether oxygens (including phenoxy) is 1. The van der Waals surface area contributed by atoms with E-state index in [-0.39, 0.29) is 17.2 Å². The standard InChI is InChI=1S/C18H17F2N5O/c1-2-26-15-6-4-3-5-13(15)24-17-16(21)18(23-10-22-17)25-14-9-11(19)7-8-12(14)20/h3-10H,2,21H2,1H3,(H2,22,23,24,25). The van der Waals surface area contributed by atoms with Crippen molar-refractivity contribution in [3.63, 3.8) is 0 Å².